The summed E-state index contributed by atoms with van der Waals surface area (Å²) in [4.78, 5) is 22.2. The van der Waals surface area contributed by atoms with Crippen LogP contribution in [0.2, 0.25) is 0 Å². The van der Waals surface area contributed by atoms with Gasteiger partial charge in [0.25, 0.3) is 5.91 Å². The van der Waals surface area contributed by atoms with Crippen LogP contribution in [0.15, 0.2) is 42.6 Å². The van der Waals surface area contributed by atoms with E-state index in [1.54, 1.807) is 58.2 Å². The number of rotatable bonds is 8. The predicted octanol–water partition coefficient (Wildman–Crippen LogP) is 5.21. The molecule has 3 N–H and O–H groups in total. The zero-order valence-electron chi connectivity index (χ0n) is 18.7. The molecule has 1 aromatic heterocycles. The molecule has 1 aromatic carbocycles. The van der Waals surface area contributed by atoms with Crippen molar-refractivity contribution in [1.82, 2.24) is 4.98 Å². The molecule has 0 saturated carbocycles. The Morgan fingerprint density at radius 1 is 1.10 bits per heavy atom. The molecule has 0 saturated heterocycles. The highest BCUT2D eigenvalue weighted by atomic mass is 16.7. The van der Waals surface area contributed by atoms with Gasteiger partial charge >= 0.3 is 0 Å². The number of aliphatic hydroxyl groups is 1. The van der Waals surface area contributed by atoms with Gasteiger partial charge in [0.1, 0.15) is 11.4 Å². The number of aromatic nitrogens is 1. The number of carbonyl (C=O) groups excluding carboxylic acids is 1. The van der Waals surface area contributed by atoms with Crippen LogP contribution in [0.4, 0.5) is 11.5 Å². The van der Waals surface area contributed by atoms with Gasteiger partial charge in [-0.25, -0.2) is 4.98 Å². The van der Waals surface area contributed by atoms with Crippen molar-refractivity contribution < 1.29 is 14.7 Å². The van der Waals surface area contributed by atoms with E-state index >= 15 is 0 Å². The van der Waals surface area contributed by atoms with Crippen LogP contribution < -0.4 is 10.8 Å². The lowest BCUT2D eigenvalue weighted by Crippen LogP contribution is -2.48. The van der Waals surface area contributed by atoms with Gasteiger partial charge in [-0.3, -0.25) is 15.1 Å². The molecule has 0 radical (unpaired) electrons. The SMILES string of the molecule is CC.CCCc1ccnc(NC(=O)c2ccc(NOC(C)(C)C(C)(C)O)cc2)c1. The highest BCUT2D eigenvalue weighted by Gasteiger charge is 2.37. The van der Waals surface area contributed by atoms with E-state index in [1.165, 1.54) is 0 Å². The Bertz CT molecular complexity index is 766. The molecule has 2 rings (SSSR count). The molecule has 2 aromatic rings. The van der Waals surface area contributed by atoms with Gasteiger partial charge in [-0.15, -0.1) is 0 Å². The third kappa shape index (κ3) is 7.48. The molecule has 0 spiro atoms. The summed E-state index contributed by atoms with van der Waals surface area (Å²) in [5, 5.41) is 12.9. The first kappa shape index (κ1) is 24.6. The van der Waals surface area contributed by atoms with Crippen molar-refractivity contribution in [3.63, 3.8) is 0 Å². The summed E-state index contributed by atoms with van der Waals surface area (Å²) in [5.41, 5.74) is 3.37. The standard InChI is InChI=1S/C21H29N3O3.C2H6/c1-6-7-15-12-13-22-18(14-15)23-19(25)16-8-10-17(11-9-16)24-27-21(4,5)20(2,3)26;1-2/h8-14,24,26H,6-7H2,1-5H3,(H,22,23,25);1-2H3. The summed E-state index contributed by atoms with van der Waals surface area (Å²) in [7, 11) is 0. The summed E-state index contributed by atoms with van der Waals surface area (Å²) < 4.78 is 0. The summed E-state index contributed by atoms with van der Waals surface area (Å²) >= 11 is 0. The highest BCUT2D eigenvalue weighted by molar-refractivity contribution is 6.03. The van der Waals surface area contributed by atoms with Crippen molar-refractivity contribution in [2.24, 2.45) is 0 Å². The van der Waals surface area contributed by atoms with E-state index < -0.39 is 11.2 Å². The number of nitrogens with zero attached hydrogens (tertiary/aromatic N) is 1. The van der Waals surface area contributed by atoms with E-state index in [0.717, 1.165) is 18.4 Å². The van der Waals surface area contributed by atoms with Crippen LogP contribution in [-0.2, 0) is 11.3 Å². The molecule has 29 heavy (non-hydrogen) atoms. The topological polar surface area (TPSA) is 83.5 Å². The Labute approximate surface area is 174 Å². The quantitative estimate of drug-likeness (QED) is 0.529. The second-order valence-electron chi connectivity index (χ2n) is 7.60. The maximum absolute atomic E-state index is 12.4. The number of hydrogen-bond donors (Lipinski definition) is 3. The van der Waals surface area contributed by atoms with E-state index in [9.17, 15) is 9.90 Å². The lowest BCUT2D eigenvalue weighted by molar-refractivity contribution is -0.130. The Hall–Kier alpha value is -2.44. The number of anilines is 2. The van der Waals surface area contributed by atoms with Crippen LogP contribution in [0.1, 0.15) is 70.8 Å². The molecule has 6 nitrogen and oxygen atoms in total. The van der Waals surface area contributed by atoms with Crippen molar-refractivity contribution >= 4 is 17.4 Å². The van der Waals surface area contributed by atoms with Gasteiger partial charge in [-0.05, 0) is 76.1 Å². The molecule has 160 valence electrons. The maximum atomic E-state index is 12.4. The van der Waals surface area contributed by atoms with Gasteiger partial charge in [0.2, 0.25) is 0 Å². The molecular formula is C23H35N3O3. The summed E-state index contributed by atoms with van der Waals surface area (Å²) in [6.07, 6.45) is 3.69. The molecule has 0 atom stereocenters. The zero-order valence-corrected chi connectivity index (χ0v) is 18.7. The monoisotopic (exact) mass is 401 g/mol. The number of amides is 1. The highest BCUT2D eigenvalue weighted by Crippen LogP contribution is 2.25. The summed E-state index contributed by atoms with van der Waals surface area (Å²) in [6.45, 7) is 13.1. The van der Waals surface area contributed by atoms with Crippen LogP contribution in [0, 0.1) is 0 Å². The van der Waals surface area contributed by atoms with E-state index in [1.807, 2.05) is 26.0 Å². The Morgan fingerprint density at radius 3 is 2.28 bits per heavy atom. The fourth-order valence-electron chi connectivity index (χ4n) is 2.18. The number of benzene rings is 1. The first-order valence-electron chi connectivity index (χ1n) is 10.1. The van der Waals surface area contributed by atoms with Crippen molar-refractivity contribution in [3.8, 4) is 0 Å². The largest absolute Gasteiger partial charge is 0.387 e. The van der Waals surface area contributed by atoms with E-state index in [4.69, 9.17) is 4.84 Å². The number of pyridine rings is 1. The Kier molecular flexibility index (Phi) is 9.27. The van der Waals surface area contributed by atoms with Crippen LogP contribution in [-0.4, -0.2) is 27.2 Å². The van der Waals surface area contributed by atoms with E-state index in [-0.39, 0.29) is 5.91 Å². The lowest BCUT2D eigenvalue weighted by atomic mass is 9.90. The molecule has 1 heterocycles. The molecular weight excluding hydrogens is 366 g/mol. The Balaban J connectivity index is 0.00000204. The number of carbonyl (C=O) groups is 1. The molecule has 1 amide bonds. The number of hydrogen-bond acceptors (Lipinski definition) is 5. The van der Waals surface area contributed by atoms with Crippen LogP contribution >= 0.6 is 0 Å². The zero-order chi connectivity index (χ0) is 22.1. The summed E-state index contributed by atoms with van der Waals surface area (Å²) in [6, 6.07) is 10.7. The minimum absolute atomic E-state index is 0.222. The minimum atomic E-state index is -1.01. The van der Waals surface area contributed by atoms with Crippen molar-refractivity contribution in [2.45, 2.75) is 72.5 Å². The first-order chi connectivity index (χ1) is 13.6. The lowest BCUT2D eigenvalue weighted by Gasteiger charge is -2.36. The van der Waals surface area contributed by atoms with Crippen molar-refractivity contribution in [1.29, 1.82) is 0 Å². The molecule has 0 aliphatic heterocycles. The van der Waals surface area contributed by atoms with Crippen molar-refractivity contribution in [2.75, 3.05) is 10.8 Å². The fraction of sp³-hybridized carbons (Fsp3) is 0.478. The first-order valence-corrected chi connectivity index (χ1v) is 10.1. The third-order valence-corrected chi connectivity index (χ3v) is 4.65. The molecule has 0 aliphatic carbocycles. The number of nitrogens with one attached hydrogen (secondary N) is 2. The van der Waals surface area contributed by atoms with Gasteiger partial charge in [0.15, 0.2) is 0 Å². The van der Waals surface area contributed by atoms with Gasteiger partial charge in [-0.1, -0.05) is 27.2 Å². The average molecular weight is 402 g/mol. The Morgan fingerprint density at radius 2 is 1.72 bits per heavy atom. The second-order valence-corrected chi connectivity index (χ2v) is 7.60. The summed E-state index contributed by atoms with van der Waals surface area (Å²) in [5.74, 6) is 0.323. The molecule has 0 fully saturated rings. The van der Waals surface area contributed by atoms with Gasteiger partial charge < -0.3 is 10.4 Å². The van der Waals surface area contributed by atoms with Gasteiger partial charge in [0, 0.05) is 11.8 Å². The minimum Gasteiger partial charge on any atom is -0.387 e. The number of aryl methyl sites for hydroxylation is 1. The fourth-order valence-corrected chi connectivity index (χ4v) is 2.18. The molecule has 0 unspecified atom stereocenters. The maximum Gasteiger partial charge on any atom is 0.256 e. The second kappa shape index (κ2) is 10.9. The van der Waals surface area contributed by atoms with Gasteiger partial charge in [-0.2, -0.15) is 0 Å². The smallest absolute Gasteiger partial charge is 0.256 e. The molecule has 0 bridgehead atoms. The third-order valence-electron chi connectivity index (χ3n) is 4.65. The molecule has 0 aliphatic rings. The normalized spacial score (nSPS) is 11.3. The molecule has 6 heteroatoms. The van der Waals surface area contributed by atoms with Crippen LogP contribution in [0.3, 0.4) is 0 Å². The van der Waals surface area contributed by atoms with Crippen LogP contribution in [0.25, 0.3) is 0 Å². The predicted molar refractivity (Wildman–Crippen MR) is 119 cm³/mol. The van der Waals surface area contributed by atoms with E-state index in [2.05, 4.69) is 22.7 Å². The van der Waals surface area contributed by atoms with Crippen LogP contribution in [0.5, 0.6) is 0 Å². The van der Waals surface area contributed by atoms with E-state index in [0.29, 0.717) is 17.1 Å². The average Bonchev–Trinajstić information content (AvgIpc) is 2.68. The van der Waals surface area contributed by atoms with Crippen molar-refractivity contribution in [3.05, 3.63) is 53.7 Å². The van der Waals surface area contributed by atoms with Gasteiger partial charge in [0.05, 0.1) is 11.3 Å².